The molecule has 2 atom stereocenters. The molecule has 0 aromatic rings. The Balaban J connectivity index is 2.44. The molecule has 0 aliphatic carbocycles. The van der Waals surface area contributed by atoms with Crippen molar-refractivity contribution >= 4 is 5.91 Å². The van der Waals surface area contributed by atoms with E-state index in [9.17, 15) is 4.79 Å². The van der Waals surface area contributed by atoms with Gasteiger partial charge in [0.15, 0.2) is 0 Å². The maximum Gasteiger partial charge on any atom is 0.222 e. The molecule has 1 saturated heterocycles. The minimum atomic E-state index is -0.400. The van der Waals surface area contributed by atoms with Crippen LogP contribution in [0, 0.1) is 0 Å². The monoisotopic (exact) mass is 229 g/mol. The van der Waals surface area contributed by atoms with Crippen LogP contribution < -0.4 is 0 Å². The summed E-state index contributed by atoms with van der Waals surface area (Å²) in [4.78, 5) is 13.7. The molecule has 0 spiro atoms. The fourth-order valence-corrected chi connectivity index (χ4v) is 2.08. The molecule has 1 aliphatic rings. The van der Waals surface area contributed by atoms with Gasteiger partial charge in [0.25, 0.3) is 0 Å². The zero-order chi connectivity index (χ0) is 12.2. The molecule has 1 fully saturated rings. The van der Waals surface area contributed by atoms with E-state index in [0.29, 0.717) is 19.4 Å². The van der Waals surface area contributed by atoms with Gasteiger partial charge in [-0.3, -0.25) is 4.79 Å². The molecule has 16 heavy (non-hydrogen) atoms. The molecule has 4 nitrogen and oxygen atoms in total. The third-order valence-corrected chi connectivity index (χ3v) is 3.28. The third-order valence-electron chi connectivity index (χ3n) is 3.28. The lowest BCUT2D eigenvalue weighted by molar-refractivity contribution is -0.139. The number of likely N-dealkylation sites (tertiary alicyclic amines) is 1. The summed E-state index contributed by atoms with van der Waals surface area (Å²) in [6.45, 7) is 5.24. The van der Waals surface area contributed by atoms with E-state index in [2.05, 4.69) is 0 Å². The van der Waals surface area contributed by atoms with Crippen LogP contribution in [0.3, 0.4) is 0 Å². The molecule has 0 aromatic heterocycles. The minimum absolute atomic E-state index is 0.129. The first-order chi connectivity index (χ1) is 7.47. The molecule has 0 saturated carbocycles. The number of carbonyl (C=O) groups excluding carboxylic acids is 1. The van der Waals surface area contributed by atoms with Crippen molar-refractivity contribution in [2.45, 2.75) is 51.2 Å². The average molecular weight is 229 g/mol. The SMILES string of the molecule is COC1(C)CCCN(C(=O)CCC(C)O)C1. The van der Waals surface area contributed by atoms with Crippen molar-refractivity contribution in [1.82, 2.24) is 4.90 Å². The van der Waals surface area contributed by atoms with Crippen LogP contribution in [0.2, 0.25) is 0 Å². The summed E-state index contributed by atoms with van der Waals surface area (Å²) in [5, 5.41) is 9.15. The maximum atomic E-state index is 11.9. The molecular formula is C12H23NO3. The van der Waals surface area contributed by atoms with Crippen molar-refractivity contribution in [3.8, 4) is 0 Å². The van der Waals surface area contributed by atoms with Crippen LogP contribution in [-0.2, 0) is 9.53 Å². The normalized spacial score (nSPS) is 27.9. The minimum Gasteiger partial charge on any atom is -0.393 e. The Morgan fingerprint density at radius 2 is 2.31 bits per heavy atom. The van der Waals surface area contributed by atoms with Gasteiger partial charge >= 0.3 is 0 Å². The van der Waals surface area contributed by atoms with Gasteiger partial charge in [-0.25, -0.2) is 0 Å². The fraction of sp³-hybridized carbons (Fsp3) is 0.917. The van der Waals surface area contributed by atoms with E-state index >= 15 is 0 Å². The van der Waals surface area contributed by atoms with Crippen LogP contribution in [0.5, 0.6) is 0 Å². The fourth-order valence-electron chi connectivity index (χ4n) is 2.08. The Hall–Kier alpha value is -0.610. The average Bonchev–Trinajstić information content (AvgIpc) is 2.26. The molecule has 1 aliphatic heterocycles. The van der Waals surface area contributed by atoms with E-state index in [1.165, 1.54) is 0 Å². The third kappa shape index (κ3) is 3.76. The van der Waals surface area contributed by atoms with E-state index in [4.69, 9.17) is 9.84 Å². The van der Waals surface area contributed by atoms with Crippen LogP contribution in [-0.4, -0.2) is 47.8 Å². The van der Waals surface area contributed by atoms with Crippen molar-refractivity contribution < 1.29 is 14.6 Å². The van der Waals surface area contributed by atoms with Gasteiger partial charge in [-0.15, -0.1) is 0 Å². The number of hydrogen-bond acceptors (Lipinski definition) is 3. The lowest BCUT2D eigenvalue weighted by atomic mass is 9.94. The van der Waals surface area contributed by atoms with Crippen molar-refractivity contribution in [2.75, 3.05) is 20.2 Å². The van der Waals surface area contributed by atoms with E-state index < -0.39 is 6.10 Å². The summed E-state index contributed by atoms with van der Waals surface area (Å²) in [6, 6.07) is 0. The second-order valence-electron chi connectivity index (χ2n) is 4.96. The Kier molecular flexibility index (Phi) is 4.74. The summed E-state index contributed by atoms with van der Waals surface area (Å²) < 4.78 is 5.44. The van der Waals surface area contributed by atoms with Crippen LogP contribution in [0.15, 0.2) is 0 Å². The number of nitrogens with zero attached hydrogens (tertiary/aromatic N) is 1. The Morgan fingerprint density at radius 3 is 2.88 bits per heavy atom. The second-order valence-corrected chi connectivity index (χ2v) is 4.96. The number of methoxy groups -OCH3 is 1. The van der Waals surface area contributed by atoms with Crippen LogP contribution in [0.25, 0.3) is 0 Å². The number of ether oxygens (including phenoxy) is 1. The molecule has 94 valence electrons. The van der Waals surface area contributed by atoms with Crippen molar-refractivity contribution in [3.63, 3.8) is 0 Å². The number of aliphatic hydroxyl groups is 1. The van der Waals surface area contributed by atoms with Crippen molar-refractivity contribution in [3.05, 3.63) is 0 Å². The Bertz CT molecular complexity index is 242. The first kappa shape index (κ1) is 13.5. The standard InChI is InChI=1S/C12H23NO3/c1-10(14)5-6-11(15)13-8-4-7-12(2,9-13)16-3/h10,14H,4-9H2,1-3H3. The molecule has 1 heterocycles. The summed E-state index contributed by atoms with van der Waals surface area (Å²) in [5.74, 6) is 0.129. The largest absolute Gasteiger partial charge is 0.393 e. The van der Waals surface area contributed by atoms with Crippen molar-refractivity contribution in [1.29, 1.82) is 0 Å². The van der Waals surface area contributed by atoms with Gasteiger partial charge in [0.2, 0.25) is 5.91 Å². The molecular weight excluding hydrogens is 206 g/mol. The van der Waals surface area contributed by atoms with Gasteiger partial charge < -0.3 is 14.7 Å². The predicted molar refractivity (Wildman–Crippen MR) is 62.1 cm³/mol. The molecule has 1 rings (SSSR count). The Labute approximate surface area is 97.6 Å². The van der Waals surface area contributed by atoms with Gasteiger partial charge in [0.05, 0.1) is 11.7 Å². The van der Waals surface area contributed by atoms with Crippen LogP contribution in [0.4, 0.5) is 0 Å². The predicted octanol–water partition coefficient (Wildman–Crippen LogP) is 1.17. The van der Waals surface area contributed by atoms with E-state index in [-0.39, 0.29) is 11.5 Å². The van der Waals surface area contributed by atoms with Gasteiger partial charge in [-0.05, 0) is 33.1 Å². The van der Waals surface area contributed by atoms with Gasteiger partial charge in [-0.2, -0.15) is 0 Å². The van der Waals surface area contributed by atoms with Crippen LogP contribution in [0.1, 0.15) is 39.5 Å². The van der Waals surface area contributed by atoms with E-state index in [0.717, 1.165) is 19.4 Å². The topological polar surface area (TPSA) is 49.8 Å². The first-order valence-corrected chi connectivity index (χ1v) is 5.98. The smallest absolute Gasteiger partial charge is 0.222 e. The second kappa shape index (κ2) is 5.64. The van der Waals surface area contributed by atoms with Gasteiger partial charge in [0, 0.05) is 26.6 Å². The molecule has 1 N–H and O–H groups in total. The zero-order valence-electron chi connectivity index (χ0n) is 10.5. The summed E-state index contributed by atoms with van der Waals surface area (Å²) in [6.07, 6.45) is 2.56. The highest BCUT2D eigenvalue weighted by Crippen LogP contribution is 2.24. The summed E-state index contributed by atoms with van der Waals surface area (Å²) in [7, 11) is 1.70. The Morgan fingerprint density at radius 1 is 1.62 bits per heavy atom. The summed E-state index contributed by atoms with van der Waals surface area (Å²) >= 11 is 0. The first-order valence-electron chi connectivity index (χ1n) is 5.98. The van der Waals surface area contributed by atoms with E-state index in [1.54, 1.807) is 14.0 Å². The van der Waals surface area contributed by atoms with Gasteiger partial charge in [-0.1, -0.05) is 0 Å². The molecule has 2 unspecified atom stereocenters. The number of piperidine rings is 1. The number of aliphatic hydroxyl groups excluding tert-OH is 1. The zero-order valence-corrected chi connectivity index (χ0v) is 10.5. The molecule has 0 aromatic carbocycles. The molecule has 1 amide bonds. The number of carbonyl (C=O) groups is 1. The summed E-state index contributed by atoms with van der Waals surface area (Å²) in [5.41, 5.74) is -0.196. The van der Waals surface area contributed by atoms with Crippen molar-refractivity contribution in [2.24, 2.45) is 0 Å². The highest BCUT2D eigenvalue weighted by atomic mass is 16.5. The number of hydrogen-bond donors (Lipinski definition) is 1. The number of rotatable bonds is 4. The highest BCUT2D eigenvalue weighted by molar-refractivity contribution is 5.76. The quantitative estimate of drug-likeness (QED) is 0.787. The molecule has 4 heteroatoms. The maximum absolute atomic E-state index is 11.9. The molecule has 0 bridgehead atoms. The molecule has 0 radical (unpaired) electrons. The highest BCUT2D eigenvalue weighted by Gasteiger charge is 2.32. The van der Waals surface area contributed by atoms with Gasteiger partial charge in [0.1, 0.15) is 0 Å². The lowest BCUT2D eigenvalue weighted by Crippen LogP contribution is -2.49. The van der Waals surface area contributed by atoms with E-state index in [1.807, 2.05) is 11.8 Å². The lowest BCUT2D eigenvalue weighted by Gasteiger charge is -2.39. The van der Waals surface area contributed by atoms with Crippen LogP contribution >= 0.6 is 0 Å². The number of amides is 1.